The molecule has 1 saturated heterocycles. The fourth-order valence-electron chi connectivity index (χ4n) is 3.34. The Balaban J connectivity index is 2.09. The van der Waals surface area contributed by atoms with Crippen LogP contribution in [-0.4, -0.2) is 28.1 Å². The third-order valence-corrected chi connectivity index (χ3v) is 4.24. The van der Waals surface area contributed by atoms with Gasteiger partial charge in [0, 0.05) is 22.7 Å². The first-order chi connectivity index (χ1) is 9.62. The highest BCUT2D eigenvalue weighted by Gasteiger charge is 2.46. The molecule has 0 aromatic heterocycles. The molecule has 1 aromatic rings. The third kappa shape index (κ3) is 3.44. The molecule has 1 aliphatic heterocycles. The zero-order valence-corrected chi connectivity index (χ0v) is 13.6. The normalized spacial score (nSPS) is 22.0. The van der Waals surface area contributed by atoms with Crippen molar-refractivity contribution in [2.45, 2.75) is 64.6 Å². The summed E-state index contributed by atoms with van der Waals surface area (Å²) in [5, 5.41) is 16.6. The summed E-state index contributed by atoms with van der Waals surface area (Å²) in [5.41, 5.74) is 0.870. The van der Waals surface area contributed by atoms with Gasteiger partial charge in [-0.25, -0.2) is 0 Å². The predicted molar refractivity (Wildman–Crippen MR) is 82.4 cm³/mol. The number of rotatable bonds is 2. The summed E-state index contributed by atoms with van der Waals surface area (Å²) in [6.45, 7) is 9.74. The molecule has 0 saturated carbocycles. The van der Waals surface area contributed by atoms with E-state index < -0.39 is 11.1 Å². The van der Waals surface area contributed by atoms with Crippen molar-refractivity contribution in [3.8, 4) is 0 Å². The second-order valence-electron chi connectivity index (χ2n) is 7.36. The summed E-state index contributed by atoms with van der Waals surface area (Å²) in [5.74, 6) is -0.0639. The zero-order valence-electron chi connectivity index (χ0n) is 13.6. The number of hydrogen-bond acceptors (Lipinski definition) is 2. The first-order valence-electron chi connectivity index (χ1n) is 7.47. The topological polar surface area (TPSA) is 52.2 Å². The lowest BCUT2D eigenvalue weighted by Crippen LogP contribution is -2.62. The lowest BCUT2D eigenvalue weighted by atomic mass is 9.79. The standard InChI is InChI=1S/C17H25N2O2/c1-12-6-8-13(9-7-12)15(20)18-14-10-16(2,3)19(21)17(4,5)11-14/h6-9,14H,10-11H2,1-5H3,(H,18,20). The highest BCUT2D eigenvalue weighted by atomic mass is 16.5. The maximum absolute atomic E-state index is 12.3. The van der Waals surface area contributed by atoms with Gasteiger partial charge in [0.15, 0.2) is 0 Å². The minimum Gasteiger partial charge on any atom is -0.349 e. The van der Waals surface area contributed by atoms with Gasteiger partial charge in [-0.1, -0.05) is 17.7 Å². The van der Waals surface area contributed by atoms with Crippen LogP contribution in [0.1, 0.15) is 56.5 Å². The third-order valence-electron chi connectivity index (χ3n) is 4.24. The molecule has 2 rings (SSSR count). The Bertz CT molecular complexity index is 502. The van der Waals surface area contributed by atoms with Gasteiger partial charge >= 0.3 is 0 Å². The Labute approximate surface area is 127 Å². The van der Waals surface area contributed by atoms with E-state index in [0.717, 1.165) is 5.56 Å². The summed E-state index contributed by atoms with van der Waals surface area (Å²) >= 11 is 0. The van der Waals surface area contributed by atoms with E-state index >= 15 is 0 Å². The number of carbonyl (C=O) groups excluding carboxylic acids is 1. The van der Waals surface area contributed by atoms with Gasteiger partial charge in [0.1, 0.15) is 0 Å². The Morgan fingerprint density at radius 1 is 1.10 bits per heavy atom. The molecule has 1 radical (unpaired) electrons. The predicted octanol–water partition coefficient (Wildman–Crippen LogP) is 3.09. The first kappa shape index (κ1) is 16.0. The molecule has 115 valence electrons. The van der Waals surface area contributed by atoms with Crippen molar-refractivity contribution in [1.82, 2.24) is 10.4 Å². The molecule has 1 amide bonds. The Hall–Kier alpha value is -1.39. The van der Waals surface area contributed by atoms with Gasteiger partial charge < -0.3 is 5.32 Å². The highest BCUT2D eigenvalue weighted by molar-refractivity contribution is 5.94. The number of benzene rings is 1. The SMILES string of the molecule is Cc1ccc(C(=O)NC2CC(C)(C)N([O])C(C)(C)C2)cc1. The van der Waals surface area contributed by atoms with Crippen LogP contribution in [0.15, 0.2) is 24.3 Å². The molecule has 0 bridgehead atoms. The van der Waals surface area contributed by atoms with E-state index in [1.54, 1.807) is 0 Å². The summed E-state index contributed by atoms with van der Waals surface area (Å²) in [4.78, 5) is 12.3. The van der Waals surface area contributed by atoms with E-state index in [0.29, 0.717) is 18.4 Å². The van der Waals surface area contributed by atoms with Gasteiger partial charge in [-0.2, -0.15) is 0 Å². The van der Waals surface area contributed by atoms with Crippen LogP contribution < -0.4 is 5.32 Å². The van der Waals surface area contributed by atoms with E-state index in [4.69, 9.17) is 0 Å². The smallest absolute Gasteiger partial charge is 0.251 e. The number of hydroxylamine groups is 2. The van der Waals surface area contributed by atoms with Crippen LogP contribution in [0.5, 0.6) is 0 Å². The van der Waals surface area contributed by atoms with Crippen molar-refractivity contribution in [2.75, 3.05) is 0 Å². The molecule has 1 heterocycles. The quantitative estimate of drug-likeness (QED) is 0.909. The van der Waals surface area contributed by atoms with Crippen LogP contribution in [0.25, 0.3) is 0 Å². The minimum atomic E-state index is -0.465. The molecule has 0 spiro atoms. The molecule has 1 fully saturated rings. The molecule has 0 unspecified atom stereocenters. The van der Waals surface area contributed by atoms with Crippen molar-refractivity contribution in [3.63, 3.8) is 0 Å². The Kier molecular flexibility index (Phi) is 4.13. The molecule has 0 aliphatic carbocycles. The zero-order chi connectivity index (χ0) is 15.8. The highest BCUT2D eigenvalue weighted by Crippen LogP contribution is 2.37. The fourth-order valence-corrected chi connectivity index (χ4v) is 3.34. The van der Waals surface area contributed by atoms with Crippen molar-refractivity contribution < 1.29 is 10.0 Å². The lowest BCUT2D eigenvalue weighted by Gasteiger charge is -2.50. The van der Waals surface area contributed by atoms with Crippen LogP contribution in [0.4, 0.5) is 0 Å². The maximum Gasteiger partial charge on any atom is 0.251 e. The molecule has 1 N–H and O–H groups in total. The maximum atomic E-state index is 12.3. The molecule has 4 nitrogen and oxygen atoms in total. The number of amides is 1. The number of nitrogens with one attached hydrogen (secondary N) is 1. The van der Waals surface area contributed by atoms with Crippen LogP contribution in [-0.2, 0) is 5.21 Å². The van der Waals surface area contributed by atoms with E-state index in [-0.39, 0.29) is 11.9 Å². The van der Waals surface area contributed by atoms with Crippen molar-refractivity contribution in [1.29, 1.82) is 0 Å². The van der Waals surface area contributed by atoms with E-state index in [9.17, 15) is 10.0 Å². The monoisotopic (exact) mass is 289 g/mol. The van der Waals surface area contributed by atoms with Gasteiger partial charge in [-0.3, -0.25) is 4.79 Å². The van der Waals surface area contributed by atoms with Gasteiger partial charge in [-0.05, 0) is 59.6 Å². The summed E-state index contributed by atoms with van der Waals surface area (Å²) < 4.78 is 0. The molecular formula is C17H25N2O2. The summed E-state index contributed by atoms with van der Waals surface area (Å²) in [6.07, 6.45) is 1.33. The van der Waals surface area contributed by atoms with Crippen LogP contribution in [0.2, 0.25) is 0 Å². The average Bonchev–Trinajstić information content (AvgIpc) is 2.36. The van der Waals surface area contributed by atoms with Crippen LogP contribution in [0, 0.1) is 6.92 Å². The summed E-state index contributed by atoms with van der Waals surface area (Å²) in [6, 6.07) is 7.56. The molecule has 4 heteroatoms. The van der Waals surface area contributed by atoms with Gasteiger partial charge in [0.2, 0.25) is 0 Å². The Morgan fingerprint density at radius 2 is 1.57 bits per heavy atom. The number of aryl methyl sites for hydroxylation is 1. The van der Waals surface area contributed by atoms with Gasteiger partial charge in [0.05, 0.1) is 0 Å². The lowest BCUT2D eigenvalue weighted by molar-refractivity contribution is -0.289. The molecule has 1 aromatic carbocycles. The molecule has 21 heavy (non-hydrogen) atoms. The largest absolute Gasteiger partial charge is 0.349 e. The fraction of sp³-hybridized carbons (Fsp3) is 0.588. The number of piperidine rings is 1. The van der Waals surface area contributed by atoms with Crippen molar-refractivity contribution in [3.05, 3.63) is 35.4 Å². The van der Waals surface area contributed by atoms with Crippen molar-refractivity contribution in [2.24, 2.45) is 0 Å². The molecule has 1 aliphatic rings. The van der Waals surface area contributed by atoms with Crippen molar-refractivity contribution >= 4 is 5.91 Å². The van der Waals surface area contributed by atoms with Gasteiger partial charge in [-0.15, -0.1) is 10.3 Å². The molecular weight excluding hydrogens is 264 g/mol. The summed E-state index contributed by atoms with van der Waals surface area (Å²) in [7, 11) is 0. The second kappa shape index (κ2) is 5.43. The van der Waals surface area contributed by atoms with E-state index in [1.807, 2.05) is 58.9 Å². The first-order valence-corrected chi connectivity index (χ1v) is 7.47. The van der Waals surface area contributed by atoms with Crippen LogP contribution in [0.3, 0.4) is 0 Å². The number of hydrogen-bond donors (Lipinski definition) is 1. The van der Waals surface area contributed by atoms with E-state index in [1.165, 1.54) is 5.06 Å². The van der Waals surface area contributed by atoms with Gasteiger partial charge in [0.25, 0.3) is 5.91 Å². The second-order valence-corrected chi connectivity index (χ2v) is 7.36. The average molecular weight is 289 g/mol. The van der Waals surface area contributed by atoms with E-state index in [2.05, 4.69) is 5.32 Å². The number of carbonyl (C=O) groups is 1. The Morgan fingerprint density at radius 3 is 2.05 bits per heavy atom. The van der Waals surface area contributed by atoms with Crippen LogP contribution >= 0.6 is 0 Å². The minimum absolute atomic E-state index is 0.0222. The number of nitrogens with zero attached hydrogens (tertiary/aromatic N) is 1. The molecule has 0 atom stereocenters.